The first-order valence-corrected chi connectivity index (χ1v) is 11.1. The number of rotatable bonds is 5. The molecule has 1 N–H and O–H groups in total. The van der Waals surface area contributed by atoms with E-state index in [0.717, 1.165) is 12.8 Å². The predicted octanol–water partition coefficient (Wildman–Crippen LogP) is 6.99. The molecular formula is C24H19ClF7N3O. The third-order valence-corrected chi connectivity index (χ3v) is 6.26. The minimum absolute atomic E-state index is 0.0219. The molecule has 2 aromatic carbocycles. The minimum atomic E-state index is -6.20. The molecule has 0 spiro atoms. The van der Waals surface area contributed by atoms with Crippen molar-refractivity contribution < 1.29 is 35.5 Å². The minimum Gasteiger partial charge on any atom is -0.349 e. The molecule has 1 saturated carbocycles. The van der Waals surface area contributed by atoms with Crippen molar-refractivity contribution in [2.24, 2.45) is 0 Å². The molecule has 1 aromatic heterocycles. The lowest BCUT2D eigenvalue weighted by molar-refractivity contribution is -0.348. The van der Waals surface area contributed by atoms with Crippen molar-refractivity contribution in [2.75, 3.05) is 0 Å². The Morgan fingerprint density at radius 1 is 0.972 bits per heavy atom. The van der Waals surface area contributed by atoms with Gasteiger partial charge < -0.3 is 5.32 Å². The number of amides is 1. The third kappa shape index (κ3) is 4.56. The molecular weight excluding hydrogens is 515 g/mol. The molecule has 0 radical (unpaired) electrons. The molecule has 12 heteroatoms. The molecule has 36 heavy (non-hydrogen) atoms. The lowest BCUT2D eigenvalue weighted by Crippen LogP contribution is -2.50. The van der Waals surface area contributed by atoms with E-state index in [-0.39, 0.29) is 44.9 Å². The molecule has 1 aliphatic carbocycles. The average molecular weight is 534 g/mol. The van der Waals surface area contributed by atoms with Gasteiger partial charge in [-0.1, -0.05) is 23.7 Å². The number of hydrogen-bond donors (Lipinski definition) is 1. The van der Waals surface area contributed by atoms with E-state index in [1.165, 1.54) is 42.9 Å². The third-order valence-electron chi connectivity index (χ3n) is 5.93. The number of carbonyl (C=O) groups is 1. The van der Waals surface area contributed by atoms with Crippen LogP contribution in [0, 0.1) is 13.8 Å². The fourth-order valence-corrected chi connectivity index (χ4v) is 4.18. The van der Waals surface area contributed by atoms with Crippen LogP contribution in [0.2, 0.25) is 5.02 Å². The average Bonchev–Trinajstić information content (AvgIpc) is 3.44. The van der Waals surface area contributed by atoms with Gasteiger partial charge in [-0.15, -0.1) is 0 Å². The van der Waals surface area contributed by atoms with Crippen LogP contribution >= 0.6 is 11.6 Å². The molecule has 1 amide bonds. The van der Waals surface area contributed by atoms with Crippen LogP contribution in [0.25, 0.3) is 16.9 Å². The van der Waals surface area contributed by atoms with Gasteiger partial charge in [0.2, 0.25) is 0 Å². The Morgan fingerprint density at radius 3 is 2.08 bits per heavy atom. The Kier molecular flexibility index (Phi) is 6.35. The summed E-state index contributed by atoms with van der Waals surface area (Å²) in [5, 5.41) is 7.43. The molecule has 3 aromatic rings. The van der Waals surface area contributed by atoms with Crippen molar-refractivity contribution in [2.45, 2.75) is 50.8 Å². The summed E-state index contributed by atoms with van der Waals surface area (Å²) < 4.78 is 95.2. The second-order valence-electron chi connectivity index (χ2n) is 8.70. The van der Waals surface area contributed by atoms with Crippen LogP contribution in [0.1, 0.15) is 39.9 Å². The van der Waals surface area contributed by atoms with Crippen LogP contribution in [0.15, 0.2) is 42.6 Å². The first-order valence-electron chi connectivity index (χ1n) is 10.7. The van der Waals surface area contributed by atoms with Crippen molar-refractivity contribution in [3.63, 3.8) is 0 Å². The van der Waals surface area contributed by atoms with Gasteiger partial charge in [-0.05, 0) is 62.1 Å². The molecule has 4 rings (SSSR count). The maximum absolute atomic E-state index is 14.6. The van der Waals surface area contributed by atoms with Crippen molar-refractivity contribution in [3.05, 3.63) is 69.9 Å². The molecule has 0 atom stereocenters. The highest BCUT2D eigenvalue weighted by Gasteiger charge is 2.73. The first kappa shape index (κ1) is 26.0. The highest BCUT2D eigenvalue weighted by Crippen LogP contribution is 2.53. The molecule has 0 aliphatic heterocycles. The number of hydrogen-bond acceptors (Lipinski definition) is 2. The Morgan fingerprint density at radius 2 is 1.56 bits per heavy atom. The molecule has 1 aliphatic rings. The van der Waals surface area contributed by atoms with Gasteiger partial charge in [0.25, 0.3) is 5.91 Å². The van der Waals surface area contributed by atoms with Crippen LogP contribution in [0.4, 0.5) is 30.7 Å². The fraction of sp³-hybridized carbons (Fsp3) is 0.333. The smallest absolute Gasteiger partial charge is 0.349 e. The number of carbonyl (C=O) groups excluding carboxylic acids is 1. The highest BCUT2D eigenvalue weighted by atomic mass is 35.5. The summed E-state index contributed by atoms with van der Waals surface area (Å²) in [6.07, 6.45) is -9.12. The number of benzene rings is 2. The van der Waals surface area contributed by atoms with E-state index < -0.39 is 23.6 Å². The molecule has 0 saturated heterocycles. The van der Waals surface area contributed by atoms with Gasteiger partial charge in [-0.3, -0.25) is 4.79 Å². The predicted molar refractivity (Wildman–Crippen MR) is 119 cm³/mol. The van der Waals surface area contributed by atoms with E-state index in [9.17, 15) is 35.5 Å². The number of halogens is 8. The highest BCUT2D eigenvalue weighted by molar-refractivity contribution is 6.33. The van der Waals surface area contributed by atoms with Gasteiger partial charge in [-0.2, -0.15) is 31.4 Å². The van der Waals surface area contributed by atoms with Crippen molar-refractivity contribution >= 4 is 17.5 Å². The van der Waals surface area contributed by atoms with Crippen molar-refractivity contribution in [1.82, 2.24) is 15.1 Å². The van der Waals surface area contributed by atoms with Crippen LogP contribution in [0.3, 0.4) is 0 Å². The van der Waals surface area contributed by atoms with Crippen LogP contribution in [-0.4, -0.2) is 34.1 Å². The van der Waals surface area contributed by atoms with E-state index in [0.29, 0.717) is 17.8 Å². The topological polar surface area (TPSA) is 46.9 Å². The van der Waals surface area contributed by atoms with Gasteiger partial charge >= 0.3 is 18.0 Å². The zero-order valence-electron chi connectivity index (χ0n) is 18.9. The van der Waals surface area contributed by atoms with Gasteiger partial charge in [0, 0.05) is 23.4 Å². The monoisotopic (exact) mass is 533 g/mol. The van der Waals surface area contributed by atoms with E-state index in [1.54, 1.807) is 6.07 Å². The SMILES string of the molecule is Cc1cc(C(F)(C(F)(F)F)C(F)(F)F)cc(C)c1-c1ccn(-c2ccc(Cl)c(C(=O)NC3CC3)c2)n1. The van der Waals surface area contributed by atoms with E-state index >= 15 is 0 Å². The summed E-state index contributed by atoms with van der Waals surface area (Å²) in [6.45, 7) is 2.56. The Hall–Kier alpha value is -3.08. The summed E-state index contributed by atoms with van der Waals surface area (Å²) in [7, 11) is 0. The maximum Gasteiger partial charge on any atom is 0.435 e. The largest absolute Gasteiger partial charge is 0.435 e. The number of nitrogens with one attached hydrogen (secondary N) is 1. The molecule has 0 unspecified atom stereocenters. The number of nitrogens with zero attached hydrogens (tertiary/aromatic N) is 2. The second-order valence-corrected chi connectivity index (χ2v) is 9.10. The van der Waals surface area contributed by atoms with E-state index in [1.807, 2.05) is 0 Å². The van der Waals surface area contributed by atoms with E-state index in [4.69, 9.17) is 11.6 Å². The lowest BCUT2D eigenvalue weighted by Gasteiger charge is -2.31. The Balaban J connectivity index is 1.71. The van der Waals surface area contributed by atoms with Gasteiger partial charge in [-0.25, -0.2) is 9.07 Å². The van der Waals surface area contributed by atoms with Crippen molar-refractivity contribution in [3.8, 4) is 16.9 Å². The van der Waals surface area contributed by atoms with Crippen LogP contribution < -0.4 is 5.32 Å². The van der Waals surface area contributed by atoms with Crippen molar-refractivity contribution in [1.29, 1.82) is 0 Å². The van der Waals surface area contributed by atoms with Gasteiger partial charge in [0.15, 0.2) is 0 Å². The molecule has 192 valence electrons. The van der Waals surface area contributed by atoms with Gasteiger partial charge in [0.05, 0.1) is 22.0 Å². The summed E-state index contributed by atoms with van der Waals surface area (Å²) in [6, 6.07) is 7.31. The molecule has 0 bridgehead atoms. The van der Waals surface area contributed by atoms with Crippen LogP contribution in [-0.2, 0) is 5.67 Å². The zero-order valence-corrected chi connectivity index (χ0v) is 19.6. The molecule has 4 nitrogen and oxygen atoms in total. The normalized spacial score (nSPS) is 14.7. The standard InChI is InChI=1S/C24H19ClF7N3O/c1-12-9-14(22(26,23(27,28)29)24(30,31)32)10-13(2)20(12)19-7-8-35(34-19)16-5-6-18(25)17(11-16)21(36)33-15-3-4-15/h5-11,15H,3-4H2,1-2H3,(H,33,36). The summed E-state index contributed by atoms with van der Waals surface area (Å²) in [5.41, 5.74) is -5.94. The molecule has 1 fully saturated rings. The quantitative estimate of drug-likeness (QED) is 0.359. The summed E-state index contributed by atoms with van der Waals surface area (Å²) >= 11 is 6.16. The first-order chi connectivity index (χ1) is 16.6. The van der Waals surface area contributed by atoms with Gasteiger partial charge in [0.1, 0.15) is 0 Å². The Bertz CT molecular complexity index is 1290. The summed E-state index contributed by atoms with van der Waals surface area (Å²) in [4.78, 5) is 12.5. The summed E-state index contributed by atoms with van der Waals surface area (Å²) in [5.74, 6) is -0.344. The van der Waals surface area contributed by atoms with Crippen LogP contribution in [0.5, 0.6) is 0 Å². The Labute approximate surface area is 206 Å². The second kappa shape index (κ2) is 8.79. The number of aryl methyl sites for hydroxylation is 2. The lowest BCUT2D eigenvalue weighted by atomic mass is 9.88. The maximum atomic E-state index is 14.6. The zero-order chi connectivity index (χ0) is 26.6. The fourth-order valence-electron chi connectivity index (χ4n) is 3.98. The number of aromatic nitrogens is 2. The van der Waals surface area contributed by atoms with E-state index in [2.05, 4.69) is 10.4 Å². The molecule has 1 heterocycles. The number of alkyl halides is 7.